The van der Waals surface area contributed by atoms with Crippen molar-refractivity contribution in [3.05, 3.63) is 45.4 Å². The van der Waals surface area contributed by atoms with E-state index < -0.39 is 0 Å². The fourth-order valence-corrected chi connectivity index (χ4v) is 2.08. The molecular formula is C13H15BrFN3. The number of hydrogen-bond donors (Lipinski definition) is 1. The molecule has 0 amide bonds. The summed E-state index contributed by atoms with van der Waals surface area (Å²) in [4.78, 5) is 0. The molecular weight excluding hydrogens is 297 g/mol. The van der Waals surface area contributed by atoms with Crippen molar-refractivity contribution in [2.24, 2.45) is 5.73 Å². The van der Waals surface area contributed by atoms with Gasteiger partial charge < -0.3 is 5.73 Å². The van der Waals surface area contributed by atoms with Crippen molar-refractivity contribution in [3.8, 4) is 5.69 Å². The van der Waals surface area contributed by atoms with Gasteiger partial charge in [0.05, 0.1) is 15.9 Å². The van der Waals surface area contributed by atoms with Gasteiger partial charge in [0.1, 0.15) is 11.5 Å². The lowest BCUT2D eigenvalue weighted by Gasteiger charge is -2.10. The van der Waals surface area contributed by atoms with Crippen LogP contribution in [0.1, 0.15) is 29.9 Å². The van der Waals surface area contributed by atoms with Crippen molar-refractivity contribution in [1.29, 1.82) is 0 Å². The van der Waals surface area contributed by atoms with Gasteiger partial charge >= 0.3 is 0 Å². The lowest BCUT2D eigenvalue weighted by atomic mass is 10.1. The first-order valence-electron chi connectivity index (χ1n) is 5.69. The highest BCUT2D eigenvalue weighted by atomic mass is 79.9. The number of nitrogens with two attached hydrogens (primary N) is 1. The maximum absolute atomic E-state index is 14.1. The van der Waals surface area contributed by atoms with Crippen LogP contribution in [-0.2, 0) is 0 Å². The van der Waals surface area contributed by atoms with Gasteiger partial charge in [-0.05, 0) is 54.4 Å². The second-order valence-electron chi connectivity index (χ2n) is 4.40. The summed E-state index contributed by atoms with van der Waals surface area (Å²) >= 11 is 3.43. The average Bonchev–Trinajstić information content (AvgIpc) is 2.57. The average molecular weight is 312 g/mol. The Morgan fingerprint density at radius 2 is 2.06 bits per heavy atom. The van der Waals surface area contributed by atoms with E-state index in [1.165, 1.54) is 6.07 Å². The molecule has 1 atom stereocenters. The molecule has 1 heterocycles. The molecule has 3 nitrogen and oxygen atoms in total. The van der Waals surface area contributed by atoms with Gasteiger partial charge in [-0.15, -0.1) is 0 Å². The zero-order chi connectivity index (χ0) is 13.4. The minimum Gasteiger partial charge on any atom is -0.324 e. The number of rotatable bonds is 2. The second kappa shape index (κ2) is 4.82. The molecule has 0 bridgehead atoms. The maximum Gasteiger partial charge on any atom is 0.149 e. The summed E-state index contributed by atoms with van der Waals surface area (Å²) in [6.45, 7) is 5.60. The predicted octanol–water partition coefficient (Wildman–Crippen LogP) is 3.41. The number of hydrogen-bond acceptors (Lipinski definition) is 2. The molecule has 0 radical (unpaired) electrons. The van der Waals surface area contributed by atoms with Gasteiger partial charge in [0, 0.05) is 6.04 Å². The smallest absolute Gasteiger partial charge is 0.149 e. The first-order valence-corrected chi connectivity index (χ1v) is 6.48. The van der Waals surface area contributed by atoms with Crippen molar-refractivity contribution in [1.82, 2.24) is 9.78 Å². The van der Waals surface area contributed by atoms with Crippen LogP contribution in [0.4, 0.5) is 4.39 Å². The van der Waals surface area contributed by atoms with Crippen molar-refractivity contribution in [3.63, 3.8) is 0 Å². The van der Waals surface area contributed by atoms with Crippen molar-refractivity contribution >= 4 is 15.9 Å². The van der Waals surface area contributed by atoms with Gasteiger partial charge in [0.15, 0.2) is 0 Å². The summed E-state index contributed by atoms with van der Waals surface area (Å²) in [6.07, 6.45) is 0. The first kappa shape index (κ1) is 13.2. The van der Waals surface area contributed by atoms with E-state index in [0.717, 1.165) is 21.4 Å². The molecule has 5 heteroatoms. The molecule has 2 N–H and O–H groups in total. The van der Waals surface area contributed by atoms with Gasteiger partial charge in [0.2, 0.25) is 0 Å². The highest BCUT2D eigenvalue weighted by molar-refractivity contribution is 9.10. The highest BCUT2D eigenvalue weighted by Gasteiger charge is 2.14. The number of nitrogens with zero attached hydrogens (tertiary/aromatic N) is 2. The molecule has 0 unspecified atom stereocenters. The Balaban J connectivity index is 2.54. The molecule has 0 aliphatic rings. The molecule has 1 aromatic heterocycles. The Hall–Kier alpha value is -1.20. The van der Waals surface area contributed by atoms with E-state index in [2.05, 4.69) is 21.0 Å². The van der Waals surface area contributed by atoms with Crippen molar-refractivity contribution < 1.29 is 4.39 Å². The summed E-state index contributed by atoms with van der Waals surface area (Å²) in [5, 5.41) is 4.31. The summed E-state index contributed by atoms with van der Waals surface area (Å²) in [7, 11) is 0. The molecule has 0 saturated heterocycles. The molecule has 1 aromatic carbocycles. The van der Waals surface area contributed by atoms with E-state index in [1.54, 1.807) is 10.7 Å². The molecule has 96 valence electrons. The molecule has 2 rings (SSSR count). The number of aromatic nitrogens is 2. The monoisotopic (exact) mass is 311 g/mol. The van der Waals surface area contributed by atoms with Gasteiger partial charge in [0.25, 0.3) is 0 Å². The normalized spacial score (nSPS) is 12.8. The Morgan fingerprint density at radius 1 is 1.39 bits per heavy atom. The van der Waals surface area contributed by atoms with Crippen LogP contribution in [0.2, 0.25) is 0 Å². The van der Waals surface area contributed by atoms with Crippen LogP contribution in [0, 0.1) is 19.7 Å². The Kier molecular flexibility index (Phi) is 3.54. The fraction of sp³-hybridized carbons (Fsp3) is 0.308. The maximum atomic E-state index is 14.1. The Bertz CT molecular complexity index is 590. The van der Waals surface area contributed by atoms with E-state index in [0.29, 0.717) is 5.69 Å². The largest absolute Gasteiger partial charge is 0.324 e. The molecule has 0 saturated carbocycles. The van der Waals surface area contributed by atoms with Crippen LogP contribution in [0.5, 0.6) is 0 Å². The van der Waals surface area contributed by atoms with Crippen LogP contribution in [0.15, 0.2) is 22.7 Å². The number of benzene rings is 1. The molecule has 0 aliphatic carbocycles. The number of halogens is 2. The van der Waals surface area contributed by atoms with Crippen LogP contribution in [0.3, 0.4) is 0 Å². The molecule has 0 spiro atoms. The quantitative estimate of drug-likeness (QED) is 0.923. The third kappa shape index (κ3) is 2.20. The van der Waals surface area contributed by atoms with E-state index in [4.69, 9.17) is 5.73 Å². The topological polar surface area (TPSA) is 43.8 Å². The van der Waals surface area contributed by atoms with Gasteiger partial charge in [-0.2, -0.15) is 5.10 Å². The lowest BCUT2D eigenvalue weighted by Crippen LogP contribution is -2.08. The summed E-state index contributed by atoms with van der Waals surface area (Å²) in [6, 6.07) is 4.82. The summed E-state index contributed by atoms with van der Waals surface area (Å²) in [5.41, 5.74) is 8.65. The van der Waals surface area contributed by atoms with Gasteiger partial charge in [-0.25, -0.2) is 9.07 Å². The SMILES string of the molecule is Cc1nn(-c2ccc([C@@H](C)N)cc2F)c(C)c1Br. The van der Waals surface area contributed by atoms with Crippen LogP contribution < -0.4 is 5.73 Å². The third-order valence-electron chi connectivity index (χ3n) is 2.93. The van der Waals surface area contributed by atoms with Crippen molar-refractivity contribution in [2.45, 2.75) is 26.8 Å². The predicted molar refractivity (Wildman–Crippen MR) is 73.3 cm³/mol. The van der Waals surface area contributed by atoms with Crippen LogP contribution in [0.25, 0.3) is 5.69 Å². The first-order chi connectivity index (χ1) is 8.41. The minimum atomic E-state index is -0.317. The molecule has 18 heavy (non-hydrogen) atoms. The van der Waals surface area contributed by atoms with Crippen LogP contribution in [-0.4, -0.2) is 9.78 Å². The molecule has 0 fully saturated rings. The number of aryl methyl sites for hydroxylation is 1. The van der Waals surface area contributed by atoms with E-state index in [-0.39, 0.29) is 11.9 Å². The second-order valence-corrected chi connectivity index (χ2v) is 5.19. The summed E-state index contributed by atoms with van der Waals surface area (Å²) in [5.74, 6) is -0.317. The third-order valence-corrected chi connectivity index (χ3v) is 4.08. The zero-order valence-electron chi connectivity index (χ0n) is 10.5. The van der Waals surface area contributed by atoms with E-state index in [9.17, 15) is 4.39 Å². The van der Waals surface area contributed by atoms with Crippen molar-refractivity contribution in [2.75, 3.05) is 0 Å². The zero-order valence-corrected chi connectivity index (χ0v) is 12.1. The summed E-state index contributed by atoms with van der Waals surface area (Å²) < 4.78 is 16.6. The van der Waals surface area contributed by atoms with Crippen LogP contribution >= 0.6 is 15.9 Å². The van der Waals surface area contributed by atoms with E-state index >= 15 is 0 Å². The fourth-order valence-electron chi connectivity index (χ4n) is 1.84. The standard InChI is InChI=1S/C13H15BrFN3/c1-7(16)10-4-5-12(11(15)6-10)18-9(3)13(14)8(2)17-18/h4-7H,16H2,1-3H3/t7-/m1/s1. The molecule has 0 aliphatic heterocycles. The Morgan fingerprint density at radius 3 is 2.50 bits per heavy atom. The minimum absolute atomic E-state index is 0.180. The Labute approximate surface area is 114 Å². The lowest BCUT2D eigenvalue weighted by molar-refractivity contribution is 0.603. The van der Waals surface area contributed by atoms with Gasteiger partial charge in [-0.1, -0.05) is 6.07 Å². The molecule has 2 aromatic rings. The van der Waals surface area contributed by atoms with E-state index in [1.807, 2.05) is 26.8 Å². The highest BCUT2D eigenvalue weighted by Crippen LogP contribution is 2.25. The van der Waals surface area contributed by atoms with Gasteiger partial charge in [-0.3, -0.25) is 0 Å².